The van der Waals surface area contributed by atoms with E-state index in [1.54, 1.807) is 5.94 Å². The molecular formula is C7H11NO4. The van der Waals surface area contributed by atoms with E-state index in [9.17, 15) is 9.59 Å². The molecule has 4 N–H and O–H groups in total. The van der Waals surface area contributed by atoms with Crippen molar-refractivity contribution >= 4 is 11.9 Å². The van der Waals surface area contributed by atoms with Crippen LogP contribution >= 0.6 is 0 Å². The molecule has 1 aliphatic heterocycles. The minimum absolute atomic E-state index is 0. The first-order valence-corrected chi connectivity index (χ1v) is 3.47. The summed E-state index contributed by atoms with van der Waals surface area (Å²) < 4.78 is 0. The molecule has 1 aliphatic rings. The zero-order chi connectivity index (χ0) is 8.27. The van der Waals surface area contributed by atoms with Crippen LogP contribution in [0, 0.1) is 5.92 Å². The maximum atomic E-state index is 10.5. The first-order valence-electron chi connectivity index (χ1n) is 3.47. The van der Waals surface area contributed by atoms with E-state index in [0.717, 1.165) is 6.42 Å². The number of carboxylic acid groups (broad SMARTS) is 1. The Kier molecular flexibility index (Phi) is 4.04. The number of hydrogen-bond donors (Lipinski definition) is 2. The van der Waals surface area contributed by atoms with E-state index in [2.05, 4.69) is 5.32 Å². The van der Waals surface area contributed by atoms with Crippen LogP contribution in [0.4, 0.5) is 0 Å². The third-order valence-electron chi connectivity index (χ3n) is 1.74. The van der Waals surface area contributed by atoms with E-state index in [0.29, 0.717) is 13.0 Å². The van der Waals surface area contributed by atoms with Crippen molar-refractivity contribution in [1.29, 1.82) is 0 Å². The Morgan fingerprint density at radius 1 is 1.67 bits per heavy atom. The first kappa shape index (κ1) is 10.7. The largest absolute Gasteiger partial charge is 0.481 e. The van der Waals surface area contributed by atoms with Gasteiger partial charge in [0.2, 0.25) is 0 Å². The summed E-state index contributed by atoms with van der Waals surface area (Å²) in [5, 5.41) is 11.3. The molecule has 1 rings (SSSR count). The normalized spacial score (nSPS) is 21.7. The molecule has 0 aromatic carbocycles. The van der Waals surface area contributed by atoms with E-state index in [-0.39, 0.29) is 11.2 Å². The van der Waals surface area contributed by atoms with Crippen LogP contribution in [0.3, 0.4) is 0 Å². The maximum absolute atomic E-state index is 10.5. The van der Waals surface area contributed by atoms with Gasteiger partial charge in [-0.15, -0.1) is 0 Å². The molecule has 0 spiro atoms. The number of aliphatic carboxylic acids is 1. The average Bonchev–Trinajstić information content (AvgIpc) is 2.04. The molecule has 1 atom stereocenters. The standard InChI is InChI=1S/C7H9NO3.H2O/c9-4-6-5(7(10)11)2-1-3-8-6;/h5,8H,1-3H2,(H,10,11);1H2. The zero-order valence-corrected chi connectivity index (χ0v) is 6.46. The summed E-state index contributed by atoms with van der Waals surface area (Å²) in [6.45, 7) is 0.675. The molecule has 0 aromatic heterocycles. The summed E-state index contributed by atoms with van der Waals surface area (Å²) in [5.74, 6) is -0.00403. The van der Waals surface area contributed by atoms with Crippen LogP contribution in [-0.2, 0) is 9.59 Å². The van der Waals surface area contributed by atoms with E-state index >= 15 is 0 Å². The minimum atomic E-state index is -0.949. The Labute approximate surface area is 69.4 Å². The highest BCUT2D eigenvalue weighted by molar-refractivity contribution is 5.77. The van der Waals surface area contributed by atoms with Gasteiger partial charge in [-0.2, -0.15) is 0 Å². The fraction of sp³-hybridized carbons (Fsp3) is 0.571. The van der Waals surface area contributed by atoms with Crippen LogP contribution in [-0.4, -0.2) is 29.0 Å². The molecule has 0 saturated carbocycles. The van der Waals surface area contributed by atoms with E-state index in [1.807, 2.05) is 0 Å². The molecule has 5 heteroatoms. The molecule has 1 heterocycles. The fourth-order valence-electron chi connectivity index (χ4n) is 1.15. The van der Waals surface area contributed by atoms with Gasteiger partial charge in [0.15, 0.2) is 0 Å². The van der Waals surface area contributed by atoms with Crippen LogP contribution in [0.1, 0.15) is 12.8 Å². The Morgan fingerprint density at radius 2 is 2.33 bits per heavy atom. The Bertz CT molecular complexity index is 219. The van der Waals surface area contributed by atoms with Crippen molar-refractivity contribution in [3.05, 3.63) is 5.70 Å². The SMILES string of the molecule is O.O=C=C1NCCCC1C(=O)O. The van der Waals surface area contributed by atoms with Crippen LogP contribution in [0.25, 0.3) is 0 Å². The first-order chi connectivity index (χ1) is 5.25. The lowest BCUT2D eigenvalue weighted by atomic mass is 9.97. The highest BCUT2D eigenvalue weighted by Crippen LogP contribution is 2.17. The topological polar surface area (TPSA) is 97.9 Å². The second kappa shape index (κ2) is 4.54. The third kappa shape index (κ3) is 2.08. The molecule has 1 fully saturated rings. The summed E-state index contributed by atoms with van der Waals surface area (Å²) in [6.07, 6.45) is 1.33. The van der Waals surface area contributed by atoms with Crippen molar-refractivity contribution < 1.29 is 20.2 Å². The number of rotatable bonds is 1. The molecule has 0 aliphatic carbocycles. The van der Waals surface area contributed by atoms with Crippen LogP contribution in [0.5, 0.6) is 0 Å². The molecule has 0 aromatic rings. The van der Waals surface area contributed by atoms with Gasteiger partial charge in [-0.05, 0) is 12.8 Å². The summed E-state index contributed by atoms with van der Waals surface area (Å²) in [5.41, 5.74) is 0.184. The highest BCUT2D eigenvalue weighted by atomic mass is 16.4. The predicted octanol–water partition coefficient (Wildman–Crippen LogP) is -1.04. The number of carboxylic acids is 1. The number of carbonyl (C=O) groups excluding carboxylic acids is 1. The average molecular weight is 173 g/mol. The second-order valence-electron chi connectivity index (χ2n) is 2.48. The summed E-state index contributed by atoms with van der Waals surface area (Å²) in [4.78, 5) is 20.7. The van der Waals surface area contributed by atoms with Crippen molar-refractivity contribution in [3.63, 3.8) is 0 Å². The lowest BCUT2D eigenvalue weighted by molar-refractivity contribution is -0.141. The van der Waals surface area contributed by atoms with Gasteiger partial charge < -0.3 is 15.9 Å². The van der Waals surface area contributed by atoms with Gasteiger partial charge in [0.1, 0.15) is 17.6 Å². The maximum Gasteiger partial charge on any atom is 0.313 e. The number of nitrogens with one attached hydrogen (secondary N) is 1. The van der Waals surface area contributed by atoms with E-state index < -0.39 is 11.9 Å². The molecule has 0 radical (unpaired) electrons. The Morgan fingerprint density at radius 3 is 2.75 bits per heavy atom. The Balaban J connectivity index is 0.00000121. The van der Waals surface area contributed by atoms with Gasteiger partial charge in [-0.25, -0.2) is 4.79 Å². The van der Waals surface area contributed by atoms with Gasteiger partial charge in [-0.1, -0.05) is 0 Å². The molecule has 0 amide bonds. The van der Waals surface area contributed by atoms with Gasteiger partial charge in [0.05, 0.1) is 0 Å². The summed E-state index contributed by atoms with van der Waals surface area (Å²) in [6, 6.07) is 0. The lowest BCUT2D eigenvalue weighted by Crippen LogP contribution is -2.32. The number of hydrogen-bond acceptors (Lipinski definition) is 3. The molecular weight excluding hydrogens is 162 g/mol. The van der Waals surface area contributed by atoms with Crippen LogP contribution in [0.15, 0.2) is 5.70 Å². The lowest BCUT2D eigenvalue weighted by Gasteiger charge is -2.20. The van der Waals surface area contributed by atoms with E-state index in [4.69, 9.17) is 5.11 Å². The quantitative estimate of drug-likeness (QED) is 0.495. The van der Waals surface area contributed by atoms with Gasteiger partial charge in [0.25, 0.3) is 0 Å². The van der Waals surface area contributed by atoms with Crippen LogP contribution in [0.2, 0.25) is 0 Å². The molecule has 1 saturated heterocycles. The van der Waals surface area contributed by atoms with Gasteiger partial charge in [0, 0.05) is 6.54 Å². The fourth-order valence-corrected chi connectivity index (χ4v) is 1.15. The van der Waals surface area contributed by atoms with Crippen molar-refractivity contribution in [1.82, 2.24) is 5.32 Å². The summed E-state index contributed by atoms with van der Waals surface area (Å²) >= 11 is 0. The van der Waals surface area contributed by atoms with Crippen molar-refractivity contribution in [3.8, 4) is 0 Å². The second-order valence-corrected chi connectivity index (χ2v) is 2.48. The van der Waals surface area contributed by atoms with Gasteiger partial charge >= 0.3 is 5.97 Å². The molecule has 12 heavy (non-hydrogen) atoms. The molecule has 5 nitrogen and oxygen atoms in total. The van der Waals surface area contributed by atoms with Crippen molar-refractivity contribution in [2.75, 3.05) is 6.54 Å². The monoisotopic (exact) mass is 173 g/mol. The molecule has 68 valence electrons. The molecule has 0 bridgehead atoms. The van der Waals surface area contributed by atoms with E-state index in [1.165, 1.54) is 0 Å². The summed E-state index contributed by atoms with van der Waals surface area (Å²) in [7, 11) is 0. The van der Waals surface area contributed by atoms with Gasteiger partial charge in [-0.3, -0.25) is 4.79 Å². The smallest absolute Gasteiger partial charge is 0.313 e. The highest BCUT2D eigenvalue weighted by Gasteiger charge is 2.25. The molecule has 1 unspecified atom stereocenters. The minimum Gasteiger partial charge on any atom is -0.481 e. The van der Waals surface area contributed by atoms with Crippen LogP contribution < -0.4 is 5.32 Å². The zero-order valence-electron chi connectivity index (χ0n) is 6.46. The predicted molar refractivity (Wildman–Crippen MR) is 41.2 cm³/mol. The third-order valence-corrected chi connectivity index (χ3v) is 1.74. The van der Waals surface area contributed by atoms with Crippen molar-refractivity contribution in [2.24, 2.45) is 5.92 Å². The number of carbonyl (C=O) groups is 1. The number of piperidine rings is 1. The van der Waals surface area contributed by atoms with Crippen molar-refractivity contribution in [2.45, 2.75) is 12.8 Å². The Hall–Kier alpha value is -1.32.